The number of nitrogens with zero attached hydrogens (tertiary/aromatic N) is 4. The molecule has 0 aliphatic heterocycles. The molecule has 0 aromatic carbocycles. The molecule has 0 radical (unpaired) electrons. The van der Waals surface area contributed by atoms with Gasteiger partial charge < -0.3 is 10.5 Å². The second-order valence-corrected chi connectivity index (χ2v) is 4.48. The van der Waals surface area contributed by atoms with Crippen LogP contribution in [0.4, 0.5) is 0 Å². The molecule has 0 saturated carbocycles. The molecule has 2 aromatic rings. The Bertz CT molecular complexity index is 656. The smallest absolute Gasteiger partial charge is 0.215 e. The van der Waals surface area contributed by atoms with E-state index in [1.807, 2.05) is 32.2 Å². The van der Waals surface area contributed by atoms with Crippen molar-refractivity contribution in [3.8, 4) is 11.9 Å². The van der Waals surface area contributed by atoms with Crippen LogP contribution in [0.5, 0.6) is 5.88 Å². The number of aryl methyl sites for hydroxylation is 2. The molecule has 0 amide bonds. The van der Waals surface area contributed by atoms with Gasteiger partial charge in [0.1, 0.15) is 11.8 Å². The molecule has 104 valence electrons. The van der Waals surface area contributed by atoms with Crippen LogP contribution in [0, 0.1) is 18.3 Å². The van der Waals surface area contributed by atoms with Crippen molar-refractivity contribution in [3.05, 3.63) is 40.8 Å². The zero-order valence-electron chi connectivity index (χ0n) is 11.8. The predicted molar refractivity (Wildman–Crippen MR) is 74.3 cm³/mol. The zero-order chi connectivity index (χ0) is 14.7. The van der Waals surface area contributed by atoms with E-state index in [2.05, 4.69) is 10.1 Å². The molecule has 0 fully saturated rings. The number of aromatic nitrogens is 3. The quantitative estimate of drug-likeness (QED) is 0.899. The van der Waals surface area contributed by atoms with Crippen molar-refractivity contribution in [3.63, 3.8) is 0 Å². The summed E-state index contributed by atoms with van der Waals surface area (Å²) in [6, 6.07) is 7.39. The van der Waals surface area contributed by atoms with Crippen LogP contribution in [-0.2, 0) is 7.05 Å². The largest absolute Gasteiger partial charge is 0.481 e. The third-order valence-corrected chi connectivity index (χ3v) is 3.23. The van der Waals surface area contributed by atoms with E-state index in [0.29, 0.717) is 18.1 Å². The fourth-order valence-corrected chi connectivity index (χ4v) is 2.39. The second kappa shape index (κ2) is 5.72. The lowest BCUT2D eigenvalue weighted by Gasteiger charge is -2.15. The highest BCUT2D eigenvalue weighted by atomic mass is 16.5. The monoisotopic (exact) mass is 271 g/mol. The first kappa shape index (κ1) is 14.0. The first-order valence-electron chi connectivity index (χ1n) is 6.27. The van der Waals surface area contributed by atoms with Gasteiger partial charge in [0.05, 0.1) is 18.5 Å². The normalized spacial score (nSPS) is 11.9. The molecule has 1 unspecified atom stereocenters. The molecule has 0 bridgehead atoms. The van der Waals surface area contributed by atoms with E-state index < -0.39 is 0 Å². The summed E-state index contributed by atoms with van der Waals surface area (Å²) in [6.07, 6.45) is 0. The highest BCUT2D eigenvalue weighted by molar-refractivity contribution is 5.40. The fraction of sp³-hybridized carbons (Fsp3) is 0.357. The SMILES string of the molecule is COc1c(C(CN)c2cccc(C#N)n2)c(C)nn1C. The number of ether oxygens (including phenoxy) is 1. The summed E-state index contributed by atoms with van der Waals surface area (Å²) in [5.74, 6) is 0.522. The summed E-state index contributed by atoms with van der Waals surface area (Å²) in [4.78, 5) is 4.33. The van der Waals surface area contributed by atoms with Gasteiger partial charge in [0, 0.05) is 25.1 Å². The maximum Gasteiger partial charge on any atom is 0.215 e. The Hall–Kier alpha value is -2.39. The molecule has 0 aliphatic carbocycles. The Morgan fingerprint density at radius 3 is 2.85 bits per heavy atom. The Morgan fingerprint density at radius 2 is 2.25 bits per heavy atom. The molecular formula is C14H17N5O. The van der Waals surface area contributed by atoms with Gasteiger partial charge in [-0.3, -0.25) is 0 Å². The molecule has 2 heterocycles. The summed E-state index contributed by atoms with van der Waals surface area (Å²) < 4.78 is 7.09. The van der Waals surface area contributed by atoms with Gasteiger partial charge in [-0.2, -0.15) is 10.4 Å². The van der Waals surface area contributed by atoms with Gasteiger partial charge in [-0.15, -0.1) is 0 Å². The molecule has 2 aromatic heterocycles. The number of pyridine rings is 1. The molecule has 6 nitrogen and oxygen atoms in total. The highest BCUT2D eigenvalue weighted by Gasteiger charge is 2.24. The first-order chi connectivity index (χ1) is 9.62. The van der Waals surface area contributed by atoms with Crippen LogP contribution in [0.15, 0.2) is 18.2 Å². The van der Waals surface area contributed by atoms with E-state index in [9.17, 15) is 0 Å². The summed E-state index contributed by atoms with van der Waals surface area (Å²) in [7, 11) is 3.43. The molecule has 2 N–H and O–H groups in total. The van der Waals surface area contributed by atoms with Gasteiger partial charge in [0.15, 0.2) is 0 Å². The van der Waals surface area contributed by atoms with E-state index >= 15 is 0 Å². The number of methoxy groups -OCH3 is 1. The molecule has 6 heteroatoms. The number of nitrogens with two attached hydrogens (primary N) is 1. The lowest BCUT2D eigenvalue weighted by Crippen LogP contribution is -2.17. The van der Waals surface area contributed by atoms with Crippen LogP contribution < -0.4 is 10.5 Å². The van der Waals surface area contributed by atoms with Gasteiger partial charge in [0.25, 0.3) is 0 Å². The molecule has 2 rings (SSSR count). The van der Waals surface area contributed by atoms with Gasteiger partial charge in [-0.1, -0.05) is 6.07 Å². The van der Waals surface area contributed by atoms with E-state index in [0.717, 1.165) is 17.0 Å². The first-order valence-corrected chi connectivity index (χ1v) is 6.27. The third-order valence-electron chi connectivity index (χ3n) is 3.23. The topological polar surface area (TPSA) is 89.8 Å². The van der Waals surface area contributed by atoms with Crippen molar-refractivity contribution in [2.24, 2.45) is 12.8 Å². The number of rotatable bonds is 4. The van der Waals surface area contributed by atoms with Gasteiger partial charge in [-0.25, -0.2) is 9.67 Å². The van der Waals surface area contributed by atoms with Crippen LogP contribution >= 0.6 is 0 Å². The van der Waals surface area contributed by atoms with Gasteiger partial charge in [0.2, 0.25) is 5.88 Å². The van der Waals surface area contributed by atoms with Crippen LogP contribution in [0.2, 0.25) is 0 Å². The van der Waals surface area contributed by atoms with Crippen LogP contribution in [0.1, 0.15) is 28.6 Å². The number of hydrogen-bond acceptors (Lipinski definition) is 5. The van der Waals surface area contributed by atoms with Crippen molar-refractivity contribution >= 4 is 0 Å². The maximum atomic E-state index is 8.96. The number of nitriles is 1. The summed E-state index contributed by atoms with van der Waals surface area (Å²) in [6.45, 7) is 2.28. The van der Waals surface area contributed by atoms with E-state index in [1.54, 1.807) is 17.9 Å². The molecular weight excluding hydrogens is 254 g/mol. The lowest BCUT2D eigenvalue weighted by molar-refractivity contribution is 0.367. The average Bonchev–Trinajstić information content (AvgIpc) is 2.74. The minimum Gasteiger partial charge on any atom is -0.481 e. The Kier molecular flexibility index (Phi) is 4.01. The third kappa shape index (κ3) is 2.36. The highest BCUT2D eigenvalue weighted by Crippen LogP contribution is 2.32. The standard InChI is InChI=1S/C14H17N5O/c1-9-13(14(20-3)19(2)18-9)11(8-16)12-6-4-5-10(7-15)17-12/h4-6,11H,8,16H2,1-3H3. The maximum absolute atomic E-state index is 8.96. The van der Waals surface area contributed by atoms with Crippen LogP contribution in [0.25, 0.3) is 0 Å². The van der Waals surface area contributed by atoms with Crippen molar-refractivity contribution in [2.45, 2.75) is 12.8 Å². The predicted octanol–water partition coefficient (Wildman–Crippen LogP) is 1.09. The van der Waals surface area contributed by atoms with Crippen LogP contribution in [-0.4, -0.2) is 28.4 Å². The van der Waals surface area contributed by atoms with Gasteiger partial charge in [-0.05, 0) is 19.1 Å². The fourth-order valence-electron chi connectivity index (χ4n) is 2.39. The van der Waals surface area contributed by atoms with E-state index in [-0.39, 0.29) is 5.92 Å². The molecule has 0 spiro atoms. The minimum absolute atomic E-state index is 0.146. The molecule has 1 atom stereocenters. The second-order valence-electron chi connectivity index (χ2n) is 4.48. The average molecular weight is 271 g/mol. The molecule has 20 heavy (non-hydrogen) atoms. The minimum atomic E-state index is -0.146. The summed E-state index contributed by atoms with van der Waals surface area (Å²) in [5.41, 5.74) is 8.81. The lowest BCUT2D eigenvalue weighted by atomic mass is 9.95. The molecule has 0 saturated heterocycles. The van der Waals surface area contributed by atoms with Crippen molar-refractivity contribution in [1.82, 2.24) is 14.8 Å². The Balaban J connectivity index is 2.55. The van der Waals surface area contributed by atoms with Crippen LogP contribution in [0.3, 0.4) is 0 Å². The Morgan fingerprint density at radius 1 is 1.50 bits per heavy atom. The van der Waals surface area contributed by atoms with Crippen molar-refractivity contribution in [2.75, 3.05) is 13.7 Å². The van der Waals surface area contributed by atoms with Gasteiger partial charge >= 0.3 is 0 Å². The van der Waals surface area contributed by atoms with E-state index in [4.69, 9.17) is 15.7 Å². The summed E-state index contributed by atoms with van der Waals surface area (Å²) in [5, 5.41) is 13.3. The van der Waals surface area contributed by atoms with Crippen molar-refractivity contribution < 1.29 is 4.74 Å². The Labute approximate surface area is 117 Å². The summed E-state index contributed by atoms with van der Waals surface area (Å²) >= 11 is 0. The van der Waals surface area contributed by atoms with Crippen molar-refractivity contribution in [1.29, 1.82) is 5.26 Å². The molecule has 0 aliphatic rings. The van der Waals surface area contributed by atoms with E-state index in [1.165, 1.54) is 0 Å². The number of hydrogen-bond donors (Lipinski definition) is 1. The zero-order valence-corrected chi connectivity index (χ0v) is 11.8.